The number of aliphatic hydroxyl groups excluding tert-OH is 2. The molecule has 0 fully saturated rings. The van der Waals surface area contributed by atoms with E-state index >= 15 is 0 Å². The number of furan rings is 1. The molecule has 1 heterocycles. The van der Waals surface area contributed by atoms with Crippen LogP contribution in [0.5, 0.6) is 0 Å². The zero-order chi connectivity index (χ0) is 11.7. The van der Waals surface area contributed by atoms with Crippen LogP contribution in [0.3, 0.4) is 0 Å². The second kappa shape index (κ2) is 7.45. The summed E-state index contributed by atoms with van der Waals surface area (Å²) in [7, 11) is 0. The lowest BCUT2D eigenvalue weighted by Crippen LogP contribution is -2.13. The molecule has 0 aliphatic heterocycles. The van der Waals surface area contributed by atoms with Crippen LogP contribution >= 0.6 is 0 Å². The molecule has 1 aromatic rings. The van der Waals surface area contributed by atoms with E-state index in [4.69, 9.17) is 14.6 Å². The molecule has 15 heavy (non-hydrogen) atoms. The van der Waals surface area contributed by atoms with Crippen molar-refractivity contribution in [1.82, 2.24) is 0 Å². The Hall–Kier alpha value is -0.840. The zero-order valence-electron chi connectivity index (χ0n) is 9.31. The summed E-state index contributed by atoms with van der Waals surface area (Å²) in [6.45, 7) is 3.76. The highest BCUT2D eigenvalue weighted by atomic mass is 16.4. The summed E-state index contributed by atoms with van der Waals surface area (Å²) in [6.07, 6.45) is 2.99. The van der Waals surface area contributed by atoms with Crippen LogP contribution < -0.4 is 0 Å². The molecule has 0 aliphatic carbocycles. The second-order valence-electron chi connectivity index (χ2n) is 3.69. The highest BCUT2D eigenvalue weighted by Crippen LogP contribution is 2.18. The van der Waals surface area contributed by atoms with Gasteiger partial charge < -0.3 is 19.7 Å². The largest absolute Gasteiger partial charge is 0.466 e. The van der Waals surface area contributed by atoms with Crippen LogP contribution in [-0.4, -0.2) is 28.5 Å². The van der Waals surface area contributed by atoms with Crippen LogP contribution in [-0.2, 0) is 5.60 Å². The Morgan fingerprint density at radius 3 is 1.93 bits per heavy atom. The van der Waals surface area contributed by atoms with Crippen molar-refractivity contribution in [3.05, 3.63) is 24.2 Å². The Morgan fingerprint density at radius 2 is 1.73 bits per heavy atom. The first-order valence-corrected chi connectivity index (χ1v) is 5.00. The van der Waals surface area contributed by atoms with Crippen molar-refractivity contribution in [3.63, 3.8) is 0 Å². The second-order valence-corrected chi connectivity index (χ2v) is 3.69. The maximum Gasteiger partial charge on any atom is 0.134 e. The van der Waals surface area contributed by atoms with E-state index in [0.717, 1.165) is 12.8 Å². The Balaban J connectivity index is 0.000000288. The third-order valence-electron chi connectivity index (χ3n) is 1.69. The summed E-state index contributed by atoms with van der Waals surface area (Å²) in [5, 5.41) is 25.5. The smallest absolute Gasteiger partial charge is 0.134 e. The van der Waals surface area contributed by atoms with Gasteiger partial charge in [-0.25, -0.2) is 0 Å². The molecule has 1 rings (SSSR count). The Kier molecular flexibility index (Phi) is 7.03. The molecule has 0 aromatic carbocycles. The molecule has 0 radical (unpaired) electrons. The Bertz CT molecular complexity index is 219. The SMILES string of the molecule is CC(C)(O)c1ccco1.OCCCCO. The molecule has 0 saturated heterocycles. The highest BCUT2D eigenvalue weighted by molar-refractivity contribution is 5.05. The van der Waals surface area contributed by atoms with E-state index in [2.05, 4.69) is 0 Å². The molecule has 4 heteroatoms. The number of aliphatic hydroxyl groups is 3. The molecule has 3 N–H and O–H groups in total. The van der Waals surface area contributed by atoms with Gasteiger partial charge in [0.15, 0.2) is 0 Å². The van der Waals surface area contributed by atoms with Gasteiger partial charge in [0.2, 0.25) is 0 Å². The molecule has 0 bridgehead atoms. The van der Waals surface area contributed by atoms with E-state index in [1.165, 1.54) is 0 Å². The summed E-state index contributed by atoms with van der Waals surface area (Å²) >= 11 is 0. The molecule has 1 aromatic heterocycles. The molecular weight excluding hydrogens is 196 g/mol. The number of rotatable bonds is 4. The number of hydrogen-bond acceptors (Lipinski definition) is 4. The first-order valence-electron chi connectivity index (χ1n) is 5.00. The minimum absolute atomic E-state index is 0.195. The number of unbranched alkanes of at least 4 members (excludes halogenated alkanes) is 1. The van der Waals surface area contributed by atoms with Crippen molar-refractivity contribution in [2.75, 3.05) is 13.2 Å². The topological polar surface area (TPSA) is 73.8 Å². The van der Waals surface area contributed by atoms with Gasteiger partial charge in [-0.05, 0) is 38.8 Å². The lowest BCUT2D eigenvalue weighted by atomic mass is 10.1. The lowest BCUT2D eigenvalue weighted by molar-refractivity contribution is 0.0541. The Morgan fingerprint density at radius 1 is 1.20 bits per heavy atom. The van der Waals surface area contributed by atoms with Crippen LogP contribution in [0.1, 0.15) is 32.4 Å². The van der Waals surface area contributed by atoms with Crippen LogP contribution in [0.15, 0.2) is 22.8 Å². The van der Waals surface area contributed by atoms with E-state index in [9.17, 15) is 5.11 Å². The molecule has 88 valence electrons. The van der Waals surface area contributed by atoms with E-state index in [1.807, 2.05) is 0 Å². The maximum absolute atomic E-state index is 9.28. The molecule has 0 amide bonds. The molecule has 0 atom stereocenters. The fraction of sp³-hybridized carbons (Fsp3) is 0.636. The predicted molar refractivity (Wildman–Crippen MR) is 57.4 cm³/mol. The summed E-state index contributed by atoms with van der Waals surface area (Å²) in [6, 6.07) is 3.51. The van der Waals surface area contributed by atoms with Crippen molar-refractivity contribution in [3.8, 4) is 0 Å². The lowest BCUT2D eigenvalue weighted by Gasteiger charge is -2.12. The van der Waals surface area contributed by atoms with Crippen molar-refractivity contribution in [1.29, 1.82) is 0 Å². The quantitative estimate of drug-likeness (QED) is 0.662. The minimum atomic E-state index is -0.844. The summed E-state index contributed by atoms with van der Waals surface area (Å²) in [5.74, 6) is 0.600. The third kappa shape index (κ3) is 7.13. The summed E-state index contributed by atoms with van der Waals surface area (Å²) in [5.41, 5.74) is -0.844. The van der Waals surface area contributed by atoms with E-state index in [1.54, 1.807) is 32.2 Å². The molecule has 0 aliphatic rings. The monoisotopic (exact) mass is 216 g/mol. The van der Waals surface area contributed by atoms with E-state index in [-0.39, 0.29) is 13.2 Å². The van der Waals surface area contributed by atoms with Gasteiger partial charge >= 0.3 is 0 Å². The van der Waals surface area contributed by atoms with Crippen molar-refractivity contribution in [2.45, 2.75) is 32.3 Å². The zero-order valence-corrected chi connectivity index (χ0v) is 9.31. The minimum Gasteiger partial charge on any atom is -0.466 e. The van der Waals surface area contributed by atoms with Gasteiger partial charge in [-0.3, -0.25) is 0 Å². The van der Waals surface area contributed by atoms with Gasteiger partial charge in [-0.1, -0.05) is 0 Å². The summed E-state index contributed by atoms with van der Waals surface area (Å²) < 4.78 is 4.95. The molecule has 0 unspecified atom stereocenters. The van der Waals surface area contributed by atoms with Gasteiger partial charge in [0, 0.05) is 13.2 Å². The third-order valence-corrected chi connectivity index (χ3v) is 1.69. The standard InChI is InChI=1S/C7H10O2.C4H10O2/c1-7(2,8)6-4-3-5-9-6;5-3-1-2-4-6/h3-5,8H,1-2H3;5-6H,1-4H2. The van der Waals surface area contributed by atoms with E-state index < -0.39 is 5.60 Å². The van der Waals surface area contributed by atoms with Gasteiger partial charge in [0.1, 0.15) is 11.4 Å². The van der Waals surface area contributed by atoms with Crippen LogP contribution in [0.2, 0.25) is 0 Å². The van der Waals surface area contributed by atoms with Gasteiger partial charge in [0.05, 0.1) is 6.26 Å². The average molecular weight is 216 g/mol. The van der Waals surface area contributed by atoms with E-state index in [0.29, 0.717) is 5.76 Å². The molecule has 0 saturated carbocycles. The average Bonchev–Trinajstić information content (AvgIpc) is 2.67. The predicted octanol–water partition coefficient (Wildman–Crippen LogP) is 1.26. The van der Waals surface area contributed by atoms with Crippen LogP contribution in [0.25, 0.3) is 0 Å². The summed E-state index contributed by atoms with van der Waals surface area (Å²) in [4.78, 5) is 0. The maximum atomic E-state index is 9.28. The van der Waals surface area contributed by atoms with Crippen molar-refractivity contribution in [2.24, 2.45) is 0 Å². The molecule has 4 nitrogen and oxygen atoms in total. The number of hydrogen-bond donors (Lipinski definition) is 3. The van der Waals surface area contributed by atoms with Gasteiger partial charge in [0.25, 0.3) is 0 Å². The van der Waals surface area contributed by atoms with Crippen molar-refractivity contribution < 1.29 is 19.7 Å². The fourth-order valence-electron chi connectivity index (χ4n) is 0.850. The van der Waals surface area contributed by atoms with Crippen LogP contribution in [0, 0.1) is 0 Å². The Labute approximate surface area is 90.2 Å². The van der Waals surface area contributed by atoms with Gasteiger partial charge in [-0.2, -0.15) is 0 Å². The first-order chi connectivity index (χ1) is 7.02. The van der Waals surface area contributed by atoms with Gasteiger partial charge in [-0.15, -0.1) is 0 Å². The fourth-order valence-corrected chi connectivity index (χ4v) is 0.850. The normalized spacial score (nSPS) is 10.7. The molecule has 0 spiro atoms. The first kappa shape index (κ1) is 14.2. The highest BCUT2D eigenvalue weighted by Gasteiger charge is 2.17. The molecular formula is C11H20O4. The van der Waals surface area contributed by atoms with Crippen LogP contribution in [0.4, 0.5) is 0 Å². The van der Waals surface area contributed by atoms with Crippen molar-refractivity contribution >= 4 is 0 Å².